The highest BCUT2D eigenvalue weighted by molar-refractivity contribution is 6.03. The molecule has 1 amide bonds. The number of aromatic nitrogens is 2. The minimum absolute atomic E-state index is 0.0450. The molecule has 2 heterocycles. The Labute approximate surface area is 156 Å². The second-order valence-electron chi connectivity index (χ2n) is 6.92. The van der Waals surface area contributed by atoms with E-state index in [1.54, 1.807) is 29.5 Å². The molecule has 3 aromatic rings. The molecular formula is C21H19FN4O. The number of hydrazone groups is 1. The molecule has 0 fully saturated rings. The number of hydrogen-bond donors (Lipinski definition) is 0. The van der Waals surface area contributed by atoms with E-state index in [1.165, 1.54) is 12.1 Å². The minimum atomic E-state index is -0.294. The molecule has 0 unspecified atom stereocenters. The number of amides is 1. The van der Waals surface area contributed by atoms with Gasteiger partial charge < -0.3 is 0 Å². The van der Waals surface area contributed by atoms with Crippen LogP contribution in [-0.4, -0.2) is 26.6 Å². The lowest BCUT2D eigenvalue weighted by molar-refractivity contribution is -0.136. The Morgan fingerprint density at radius 1 is 1.07 bits per heavy atom. The molecule has 1 atom stereocenters. The quantitative estimate of drug-likeness (QED) is 0.705. The Morgan fingerprint density at radius 3 is 2.48 bits per heavy atom. The predicted octanol–water partition coefficient (Wildman–Crippen LogP) is 4.10. The summed E-state index contributed by atoms with van der Waals surface area (Å²) in [6, 6.07) is 11.8. The van der Waals surface area contributed by atoms with Crippen LogP contribution in [-0.2, 0) is 4.79 Å². The van der Waals surface area contributed by atoms with Gasteiger partial charge in [-0.1, -0.05) is 32.0 Å². The summed E-state index contributed by atoms with van der Waals surface area (Å²) in [7, 11) is 0. The van der Waals surface area contributed by atoms with E-state index in [4.69, 9.17) is 0 Å². The van der Waals surface area contributed by atoms with Gasteiger partial charge in [0, 0.05) is 24.7 Å². The maximum Gasteiger partial charge on any atom is 0.245 e. The average molecular weight is 362 g/mol. The number of rotatable bonds is 3. The molecule has 136 valence electrons. The number of hydrogen-bond acceptors (Lipinski definition) is 4. The van der Waals surface area contributed by atoms with Crippen LogP contribution in [0.2, 0.25) is 0 Å². The van der Waals surface area contributed by atoms with Gasteiger partial charge in [-0.25, -0.2) is 9.40 Å². The first-order chi connectivity index (χ1) is 13.0. The number of halogens is 1. The van der Waals surface area contributed by atoms with Crippen molar-refractivity contribution < 1.29 is 9.18 Å². The normalized spacial score (nSPS) is 16.8. The highest BCUT2D eigenvalue weighted by Gasteiger charge is 2.34. The highest BCUT2D eigenvalue weighted by Crippen LogP contribution is 2.34. The third kappa shape index (κ3) is 3.30. The van der Waals surface area contributed by atoms with Crippen molar-refractivity contribution in [2.45, 2.75) is 26.3 Å². The predicted molar refractivity (Wildman–Crippen MR) is 102 cm³/mol. The summed E-state index contributed by atoms with van der Waals surface area (Å²) in [5.41, 5.74) is 4.13. The summed E-state index contributed by atoms with van der Waals surface area (Å²) in [6.07, 6.45) is 3.87. The van der Waals surface area contributed by atoms with Crippen molar-refractivity contribution in [3.63, 3.8) is 0 Å². The average Bonchev–Trinajstić information content (AvgIpc) is 3.12. The summed E-state index contributed by atoms with van der Waals surface area (Å²) in [4.78, 5) is 21.4. The van der Waals surface area contributed by atoms with E-state index in [0.29, 0.717) is 6.42 Å². The zero-order chi connectivity index (χ0) is 19.0. The molecule has 4 rings (SSSR count). The number of fused-ring (bicyclic) bond motifs is 1. The monoisotopic (exact) mass is 362 g/mol. The van der Waals surface area contributed by atoms with E-state index >= 15 is 0 Å². The first-order valence-corrected chi connectivity index (χ1v) is 8.90. The van der Waals surface area contributed by atoms with Gasteiger partial charge in [-0.3, -0.25) is 14.8 Å². The topological polar surface area (TPSA) is 58.5 Å². The molecule has 0 bridgehead atoms. The maximum absolute atomic E-state index is 13.3. The van der Waals surface area contributed by atoms with Gasteiger partial charge in [-0.05, 0) is 35.4 Å². The van der Waals surface area contributed by atoms with Crippen LogP contribution in [0, 0.1) is 11.7 Å². The maximum atomic E-state index is 13.3. The molecule has 0 spiro atoms. The molecule has 0 saturated carbocycles. The van der Waals surface area contributed by atoms with E-state index in [0.717, 1.165) is 27.9 Å². The van der Waals surface area contributed by atoms with Crippen molar-refractivity contribution in [2.75, 3.05) is 0 Å². The van der Waals surface area contributed by atoms with E-state index in [-0.39, 0.29) is 23.7 Å². The molecule has 5 nitrogen and oxygen atoms in total. The van der Waals surface area contributed by atoms with Crippen LogP contribution < -0.4 is 0 Å². The van der Waals surface area contributed by atoms with Crippen molar-refractivity contribution in [2.24, 2.45) is 11.0 Å². The number of benzene rings is 2. The number of carbonyl (C=O) groups is 1. The van der Waals surface area contributed by atoms with Crippen molar-refractivity contribution in [3.8, 4) is 0 Å². The summed E-state index contributed by atoms with van der Waals surface area (Å²) >= 11 is 0. The Morgan fingerprint density at radius 2 is 1.78 bits per heavy atom. The summed E-state index contributed by atoms with van der Waals surface area (Å²) < 4.78 is 13.3. The van der Waals surface area contributed by atoms with Gasteiger partial charge in [-0.15, -0.1) is 0 Å². The molecule has 0 saturated heterocycles. The second-order valence-corrected chi connectivity index (χ2v) is 6.92. The van der Waals surface area contributed by atoms with Gasteiger partial charge in [0.15, 0.2) is 0 Å². The summed E-state index contributed by atoms with van der Waals surface area (Å²) in [5.74, 6) is -0.516. The first kappa shape index (κ1) is 17.3. The zero-order valence-electron chi connectivity index (χ0n) is 15.1. The van der Waals surface area contributed by atoms with Crippen LogP contribution in [0.5, 0.6) is 0 Å². The van der Waals surface area contributed by atoms with E-state index < -0.39 is 0 Å². The lowest BCUT2D eigenvalue weighted by Gasteiger charge is -2.23. The molecule has 0 radical (unpaired) electrons. The zero-order valence-corrected chi connectivity index (χ0v) is 15.1. The largest absolute Gasteiger partial charge is 0.273 e. The van der Waals surface area contributed by atoms with Crippen LogP contribution in [0.25, 0.3) is 11.0 Å². The Balaban J connectivity index is 1.73. The fourth-order valence-corrected chi connectivity index (χ4v) is 3.24. The molecule has 1 aliphatic heterocycles. The van der Waals surface area contributed by atoms with Gasteiger partial charge in [0.2, 0.25) is 5.91 Å². The van der Waals surface area contributed by atoms with E-state index in [2.05, 4.69) is 15.1 Å². The fraction of sp³-hybridized carbons (Fsp3) is 0.238. The van der Waals surface area contributed by atoms with Gasteiger partial charge >= 0.3 is 0 Å². The van der Waals surface area contributed by atoms with Crippen LogP contribution >= 0.6 is 0 Å². The molecule has 0 N–H and O–H groups in total. The molecular weight excluding hydrogens is 343 g/mol. The van der Waals surface area contributed by atoms with Crippen LogP contribution in [0.3, 0.4) is 0 Å². The molecule has 1 aromatic heterocycles. The smallest absolute Gasteiger partial charge is 0.245 e. The summed E-state index contributed by atoms with van der Waals surface area (Å²) in [6.45, 7) is 3.72. The lowest BCUT2D eigenvalue weighted by atomic mass is 9.97. The number of nitrogens with zero attached hydrogens (tertiary/aromatic N) is 4. The SMILES string of the molecule is CC(C)C(=O)N1N=C(c2ccc(F)cc2)C[C@H]1c1ccc2nccnc2c1. The Bertz CT molecular complexity index is 1030. The minimum Gasteiger partial charge on any atom is -0.273 e. The molecule has 1 aliphatic rings. The lowest BCUT2D eigenvalue weighted by Crippen LogP contribution is -2.30. The number of carbonyl (C=O) groups excluding carboxylic acids is 1. The van der Waals surface area contributed by atoms with Crippen LogP contribution in [0.4, 0.5) is 4.39 Å². The van der Waals surface area contributed by atoms with Crippen LogP contribution in [0.1, 0.15) is 37.4 Å². The Hall–Kier alpha value is -3.15. The van der Waals surface area contributed by atoms with Crippen LogP contribution in [0.15, 0.2) is 60.0 Å². The van der Waals surface area contributed by atoms with Gasteiger partial charge in [0.1, 0.15) is 5.82 Å². The highest BCUT2D eigenvalue weighted by atomic mass is 19.1. The molecule has 0 aliphatic carbocycles. The molecule has 2 aromatic carbocycles. The molecule has 6 heteroatoms. The van der Waals surface area contributed by atoms with E-state index in [9.17, 15) is 9.18 Å². The molecule has 27 heavy (non-hydrogen) atoms. The van der Waals surface area contributed by atoms with E-state index in [1.807, 2.05) is 32.0 Å². The standard InChI is InChI=1S/C21H19FN4O/c1-13(2)21(27)26-20(12-18(25-26)14-3-6-16(22)7-4-14)15-5-8-17-19(11-15)24-10-9-23-17/h3-11,13,20H,12H2,1-2H3/t20-/m0/s1. The van der Waals surface area contributed by atoms with Gasteiger partial charge in [0.25, 0.3) is 0 Å². The third-order valence-electron chi connectivity index (χ3n) is 4.69. The van der Waals surface area contributed by atoms with Crippen molar-refractivity contribution in [1.29, 1.82) is 0 Å². The van der Waals surface area contributed by atoms with Crippen molar-refractivity contribution in [1.82, 2.24) is 15.0 Å². The Kier molecular flexibility index (Phi) is 4.39. The fourth-order valence-electron chi connectivity index (χ4n) is 3.24. The van der Waals surface area contributed by atoms with Gasteiger partial charge in [-0.2, -0.15) is 5.10 Å². The van der Waals surface area contributed by atoms with Crippen molar-refractivity contribution in [3.05, 3.63) is 71.8 Å². The third-order valence-corrected chi connectivity index (χ3v) is 4.69. The first-order valence-electron chi connectivity index (χ1n) is 8.90. The van der Waals surface area contributed by atoms with Crippen molar-refractivity contribution >= 4 is 22.7 Å². The van der Waals surface area contributed by atoms with Gasteiger partial charge in [0.05, 0.1) is 22.8 Å². The summed E-state index contributed by atoms with van der Waals surface area (Å²) in [5, 5.41) is 6.15. The second kappa shape index (κ2) is 6.87.